The van der Waals surface area contributed by atoms with Crippen LogP contribution in [0.5, 0.6) is 0 Å². The van der Waals surface area contributed by atoms with Gasteiger partial charge in [-0.05, 0) is 6.42 Å². The zero-order chi connectivity index (χ0) is 9.23. The predicted molar refractivity (Wildman–Crippen MR) is 48.0 cm³/mol. The second-order valence-corrected chi connectivity index (χ2v) is 3.70. The first-order chi connectivity index (χ1) is 5.77. The lowest BCUT2D eigenvalue weighted by atomic mass is 10.1. The minimum absolute atomic E-state index is 0.431. The smallest absolute Gasteiger partial charge is 0.511 e. The Bertz CT molecular complexity index is 117. The lowest BCUT2D eigenvalue weighted by Crippen LogP contribution is -2.06. The van der Waals surface area contributed by atoms with Gasteiger partial charge in [-0.3, -0.25) is 4.46 Å². The van der Waals surface area contributed by atoms with Crippen molar-refractivity contribution in [3.63, 3.8) is 0 Å². The van der Waals surface area contributed by atoms with Gasteiger partial charge < -0.3 is 9.22 Å². The lowest BCUT2D eigenvalue weighted by molar-refractivity contribution is 0.218. The molecule has 0 saturated carbocycles. The van der Waals surface area contributed by atoms with Crippen LogP contribution in [0.3, 0.4) is 0 Å². The molecule has 0 radical (unpaired) electrons. The number of rotatable bonds is 8. The first-order valence-corrected chi connectivity index (χ1v) is 5.89. The Morgan fingerprint density at radius 3 is 2.33 bits per heavy atom. The summed E-state index contributed by atoms with van der Waals surface area (Å²) in [6, 6.07) is 0. The normalized spacial score (nSPS) is 9.75. The van der Waals surface area contributed by atoms with Crippen molar-refractivity contribution in [3.8, 4) is 0 Å². The van der Waals surface area contributed by atoms with Gasteiger partial charge in [-0.1, -0.05) is 39.0 Å². The minimum Gasteiger partial charge on any atom is -0.511 e. The van der Waals surface area contributed by atoms with Gasteiger partial charge in [0.25, 0.3) is 0 Å². The number of unbranched alkanes of at least 4 members (excludes halogenated alkanes) is 5. The third kappa shape index (κ3) is 9.62. The summed E-state index contributed by atoms with van der Waals surface area (Å²) in [5.74, 6) is 0. The maximum Gasteiger partial charge on any atom is 0.764 e. The van der Waals surface area contributed by atoms with Gasteiger partial charge in [-0.25, -0.2) is 0 Å². The molecule has 0 spiro atoms. The van der Waals surface area contributed by atoms with Crippen LogP contribution in [0.25, 0.3) is 0 Å². The molecule has 0 heterocycles. The summed E-state index contributed by atoms with van der Waals surface area (Å²) in [7, 11) is -2.68. The summed E-state index contributed by atoms with van der Waals surface area (Å²) >= 11 is 0. The fourth-order valence-corrected chi connectivity index (χ4v) is 1.36. The molecule has 12 heavy (non-hydrogen) atoms. The highest BCUT2D eigenvalue weighted by molar-refractivity contribution is 6.24. The van der Waals surface area contributed by atoms with Crippen LogP contribution in [0.15, 0.2) is 0 Å². The monoisotopic (exact) mass is 190 g/mol. The van der Waals surface area contributed by atoms with Gasteiger partial charge in [0.15, 0.2) is 0 Å². The second-order valence-electron chi connectivity index (χ2n) is 2.88. The average Bonchev–Trinajstić information content (AvgIpc) is 2.02. The summed E-state index contributed by atoms with van der Waals surface area (Å²) in [5, 5.41) is 0. The van der Waals surface area contributed by atoms with Crippen LogP contribution in [0.2, 0.25) is 0 Å². The minimum atomic E-state index is -2.68. The second kappa shape index (κ2) is 8.71. The maximum absolute atomic E-state index is 10.1. The Labute approximate surface area is 75.7 Å². The van der Waals surface area contributed by atoms with E-state index in [4.69, 9.17) is 4.80 Å². The Kier molecular flexibility index (Phi) is 8.43. The molecule has 0 aliphatic rings. The van der Waals surface area contributed by atoms with Crippen molar-refractivity contribution in [2.75, 3.05) is 6.61 Å². The standard InChI is InChI=1S/C8H18O3Si/c1-2-3-4-5-6-7-8-11-12(9)10/h9H,2-8H2,1H3. The molecule has 0 aromatic carbocycles. The highest BCUT2D eigenvalue weighted by atomic mass is 28.3. The van der Waals surface area contributed by atoms with E-state index >= 15 is 0 Å². The van der Waals surface area contributed by atoms with E-state index in [2.05, 4.69) is 11.3 Å². The molecule has 0 aliphatic carbocycles. The van der Waals surface area contributed by atoms with Gasteiger partial charge in [0, 0.05) is 0 Å². The van der Waals surface area contributed by atoms with E-state index in [1.54, 1.807) is 0 Å². The van der Waals surface area contributed by atoms with Crippen molar-refractivity contribution >= 4 is 9.17 Å². The summed E-state index contributed by atoms with van der Waals surface area (Å²) in [5.41, 5.74) is 0. The van der Waals surface area contributed by atoms with Gasteiger partial charge >= 0.3 is 9.17 Å². The average molecular weight is 190 g/mol. The van der Waals surface area contributed by atoms with E-state index in [9.17, 15) is 4.46 Å². The Morgan fingerprint density at radius 2 is 1.75 bits per heavy atom. The Morgan fingerprint density at radius 1 is 1.17 bits per heavy atom. The van der Waals surface area contributed by atoms with Gasteiger partial charge in [0.2, 0.25) is 0 Å². The molecule has 0 amide bonds. The molecule has 0 aliphatic heterocycles. The van der Waals surface area contributed by atoms with Crippen molar-refractivity contribution in [1.82, 2.24) is 0 Å². The SMILES string of the molecule is CCCCCCCCO[Si](=O)O. The third-order valence-electron chi connectivity index (χ3n) is 1.72. The van der Waals surface area contributed by atoms with E-state index in [1.165, 1.54) is 25.7 Å². The predicted octanol–water partition coefficient (Wildman–Crippen LogP) is 1.77. The Balaban J connectivity index is 2.86. The molecule has 0 atom stereocenters. The number of hydrogen-bond acceptors (Lipinski definition) is 2. The Hall–Kier alpha value is -0.383. The summed E-state index contributed by atoms with van der Waals surface area (Å²) < 4.78 is 14.6. The van der Waals surface area contributed by atoms with Crippen LogP contribution in [0, 0.1) is 0 Å². The van der Waals surface area contributed by atoms with E-state index in [-0.39, 0.29) is 0 Å². The van der Waals surface area contributed by atoms with E-state index in [0.29, 0.717) is 6.61 Å². The highest BCUT2D eigenvalue weighted by Gasteiger charge is 2.01. The van der Waals surface area contributed by atoms with Crippen molar-refractivity contribution < 1.29 is 13.7 Å². The fraction of sp³-hybridized carbons (Fsp3) is 1.00. The van der Waals surface area contributed by atoms with E-state index in [1.807, 2.05) is 0 Å². The molecule has 0 fully saturated rings. The van der Waals surface area contributed by atoms with Crippen LogP contribution in [0.1, 0.15) is 45.4 Å². The third-order valence-corrected chi connectivity index (χ3v) is 2.17. The van der Waals surface area contributed by atoms with Crippen molar-refractivity contribution in [3.05, 3.63) is 0 Å². The maximum atomic E-state index is 10.1. The molecule has 0 bridgehead atoms. The summed E-state index contributed by atoms with van der Waals surface area (Å²) in [6.45, 7) is 2.61. The van der Waals surface area contributed by atoms with Crippen molar-refractivity contribution in [2.24, 2.45) is 0 Å². The van der Waals surface area contributed by atoms with E-state index in [0.717, 1.165) is 12.8 Å². The number of hydrogen-bond donors (Lipinski definition) is 1. The van der Waals surface area contributed by atoms with E-state index < -0.39 is 9.17 Å². The first kappa shape index (κ1) is 11.6. The molecule has 0 saturated heterocycles. The quantitative estimate of drug-likeness (QED) is 0.469. The molecule has 0 unspecified atom stereocenters. The summed E-state index contributed by atoms with van der Waals surface area (Å²) in [6.07, 6.45) is 7.03. The zero-order valence-electron chi connectivity index (χ0n) is 7.71. The molecule has 4 heteroatoms. The van der Waals surface area contributed by atoms with Gasteiger partial charge in [0.1, 0.15) is 0 Å². The van der Waals surface area contributed by atoms with Crippen LogP contribution >= 0.6 is 0 Å². The molecule has 1 N–H and O–H groups in total. The van der Waals surface area contributed by atoms with Crippen LogP contribution in [0.4, 0.5) is 0 Å². The molecular weight excluding hydrogens is 172 g/mol. The molecule has 0 aromatic rings. The largest absolute Gasteiger partial charge is 0.764 e. The fourth-order valence-electron chi connectivity index (χ4n) is 1.04. The topological polar surface area (TPSA) is 46.5 Å². The first-order valence-electron chi connectivity index (χ1n) is 4.63. The zero-order valence-corrected chi connectivity index (χ0v) is 8.71. The van der Waals surface area contributed by atoms with Crippen molar-refractivity contribution in [2.45, 2.75) is 45.4 Å². The molecule has 72 valence electrons. The molecule has 0 rings (SSSR count). The summed E-state index contributed by atoms with van der Waals surface area (Å²) in [4.78, 5) is 8.32. The van der Waals surface area contributed by atoms with Gasteiger partial charge in [-0.2, -0.15) is 0 Å². The van der Waals surface area contributed by atoms with Gasteiger partial charge in [-0.15, -0.1) is 0 Å². The van der Waals surface area contributed by atoms with Crippen LogP contribution < -0.4 is 0 Å². The molecule has 0 aromatic heterocycles. The highest BCUT2D eigenvalue weighted by Crippen LogP contribution is 2.04. The lowest BCUT2D eigenvalue weighted by Gasteiger charge is -2.00. The van der Waals surface area contributed by atoms with Crippen LogP contribution in [-0.2, 0) is 8.89 Å². The molecular formula is C8H18O3Si. The van der Waals surface area contributed by atoms with Crippen LogP contribution in [-0.4, -0.2) is 20.6 Å². The molecule has 3 nitrogen and oxygen atoms in total. The van der Waals surface area contributed by atoms with Gasteiger partial charge in [0.05, 0.1) is 6.61 Å². The van der Waals surface area contributed by atoms with Crippen molar-refractivity contribution in [1.29, 1.82) is 0 Å².